The van der Waals surface area contributed by atoms with E-state index in [1.165, 1.54) is 4.31 Å². The summed E-state index contributed by atoms with van der Waals surface area (Å²) < 4.78 is 33.8. The first-order valence-corrected chi connectivity index (χ1v) is 10.9. The Morgan fingerprint density at radius 3 is 2.60 bits per heavy atom. The van der Waals surface area contributed by atoms with Gasteiger partial charge in [0.15, 0.2) is 0 Å². The first-order valence-electron chi connectivity index (χ1n) is 8.62. The van der Waals surface area contributed by atoms with Crippen LogP contribution in [0, 0.1) is 0 Å². The molecule has 1 aromatic carbocycles. The van der Waals surface area contributed by atoms with Crippen molar-refractivity contribution in [2.24, 2.45) is 0 Å². The van der Waals surface area contributed by atoms with Crippen LogP contribution in [0.4, 0.5) is 0 Å². The largest absolute Gasteiger partial charge is 0.368 e. The van der Waals surface area contributed by atoms with Gasteiger partial charge in [0.05, 0.1) is 4.90 Å². The van der Waals surface area contributed by atoms with Crippen molar-refractivity contribution in [1.29, 1.82) is 0 Å². The predicted molar refractivity (Wildman–Crippen MR) is 97.8 cm³/mol. The lowest BCUT2D eigenvalue weighted by atomic mass is 10.2. The van der Waals surface area contributed by atoms with Gasteiger partial charge in [-0.2, -0.15) is 4.31 Å². The number of rotatable bonds is 4. The Hall–Kier alpha value is -0.960. The van der Waals surface area contributed by atoms with Crippen molar-refractivity contribution in [2.75, 3.05) is 32.8 Å². The van der Waals surface area contributed by atoms with Crippen LogP contribution in [0.15, 0.2) is 27.6 Å². The minimum absolute atomic E-state index is 0.00700. The summed E-state index contributed by atoms with van der Waals surface area (Å²) in [4.78, 5) is 14.5. The third kappa shape index (κ3) is 3.92. The summed E-state index contributed by atoms with van der Waals surface area (Å²) >= 11 is 3.39. The van der Waals surface area contributed by atoms with Crippen molar-refractivity contribution in [3.8, 4) is 0 Å². The maximum Gasteiger partial charge on any atom is 0.251 e. The average molecular weight is 431 g/mol. The number of benzene rings is 1. The normalized spacial score (nSPS) is 22.3. The number of ether oxygens (including phenoxy) is 1. The van der Waals surface area contributed by atoms with E-state index in [4.69, 9.17) is 4.74 Å². The SMILES string of the molecule is CCc1cc(Br)ccc1S(=O)(=O)N1CCN(C(=O)C2CCCO2)CC1. The number of amides is 1. The molecule has 3 rings (SSSR count). The molecule has 6 nitrogen and oxygen atoms in total. The molecule has 0 radical (unpaired) electrons. The molecule has 0 bridgehead atoms. The lowest BCUT2D eigenvalue weighted by molar-refractivity contribution is -0.142. The fourth-order valence-corrected chi connectivity index (χ4v) is 5.45. The first-order chi connectivity index (χ1) is 11.9. The second-order valence-electron chi connectivity index (χ2n) is 6.34. The number of carbonyl (C=O) groups is 1. The number of aryl methyl sites for hydroxylation is 1. The summed E-state index contributed by atoms with van der Waals surface area (Å²) in [7, 11) is -3.55. The zero-order valence-corrected chi connectivity index (χ0v) is 16.7. The van der Waals surface area contributed by atoms with Crippen LogP contribution >= 0.6 is 15.9 Å². The van der Waals surface area contributed by atoms with Crippen LogP contribution in [-0.4, -0.2) is 62.4 Å². The monoisotopic (exact) mass is 430 g/mol. The summed E-state index contributed by atoms with van der Waals surface area (Å²) in [5.74, 6) is -0.00700. The van der Waals surface area contributed by atoms with Gasteiger partial charge >= 0.3 is 0 Å². The smallest absolute Gasteiger partial charge is 0.251 e. The number of carbonyl (C=O) groups excluding carboxylic acids is 1. The molecular weight excluding hydrogens is 408 g/mol. The topological polar surface area (TPSA) is 66.9 Å². The van der Waals surface area contributed by atoms with Gasteiger partial charge in [-0.3, -0.25) is 4.79 Å². The number of hydrogen-bond acceptors (Lipinski definition) is 4. The summed E-state index contributed by atoms with van der Waals surface area (Å²) in [5.41, 5.74) is 0.798. The molecule has 2 heterocycles. The van der Waals surface area contributed by atoms with Crippen molar-refractivity contribution in [2.45, 2.75) is 37.2 Å². The van der Waals surface area contributed by atoms with E-state index in [-0.39, 0.29) is 12.0 Å². The molecule has 0 spiro atoms. The van der Waals surface area contributed by atoms with Crippen LogP contribution in [-0.2, 0) is 26.0 Å². The van der Waals surface area contributed by atoms with E-state index < -0.39 is 10.0 Å². The highest BCUT2D eigenvalue weighted by Crippen LogP contribution is 2.25. The summed E-state index contributed by atoms with van der Waals surface area (Å²) in [5, 5.41) is 0. The zero-order valence-electron chi connectivity index (χ0n) is 14.3. The number of sulfonamides is 1. The van der Waals surface area contributed by atoms with E-state index >= 15 is 0 Å². The molecule has 0 N–H and O–H groups in total. The lowest BCUT2D eigenvalue weighted by Gasteiger charge is -2.35. The maximum atomic E-state index is 13.0. The van der Waals surface area contributed by atoms with Crippen molar-refractivity contribution < 1.29 is 17.9 Å². The van der Waals surface area contributed by atoms with E-state index in [0.29, 0.717) is 44.1 Å². The molecule has 138 valence electrons. The number of piperazine rings is 1. The molecule has 2 fully saturated rings. The molecule has 1 unspecified atom stereocenters. The van der Waals surface area contributed by atoms with Crippen molar-refractivity contribution >= 4 is 31.9 Å². The Morgan fingerprint density at radius 2 is 2.00 bits per heavy atom. The lowest BCUT2D eigenvalue weighted by Crippen LogP contribution is -2.52. The van der Waals surface area contributed by atoms with E-state index in [0.717, 1.165) is 22.9 Å². The number of halogens is 1. The highest BCUT2D eigenvalue weighted by atomic mass is 79.9. The molecule has 0 aliphatic carbocycles. The fraction of sp³-hybridized carbons (Fsp3) is 0.588. The van der Waals surface area contributed by atoms with Crippen LogP contribution in [0.25, 0.3) is 0 Å². The molecular formula is C17H23BrN2O4S. The van der Waals surface area contributed by atoms with E-state index in [2.05, 4.69) is 15.9 Å². The van der Waals surface area contributed by atoms with Gasteiger partial charge in [0.1, 0.15) is 6.10 Å². The fourth-order valence-electron chi connectivity index (χ4n) is 3.34. The molecule has 0 aromatic heterocycles. The summed E-state index contributed by atoms with van der Waals surface area (Å²) in [6, 6.07) is 5.26. The van der Waals surface area contributed by atoms with E-state index in [9.17, 15) is 13.2 Å². The van der Waals surface area contributed by atoms with Gasteiger partial charge in [-0.1, -0.05) is 22.9 Å². The molecule has 1 aromatic rings. The van der Waals surface area contributed by atoms with Gasteiger partial charge in [-0.05, 0) is 43.0 Å². The Bertz CT molecular complexity index is 739. The Balaban J connectivity index is 1.70. The average Bonchev–Trinajstić information content (AvgIpc) is 3.15. The quantitative estimate of drug-likeness (QED) is 0.732. The standard InChI is InChI=1S/C17H23BrN2O4S/c1-2-13-12-14(18)5-6-16(13)25(22,23)20-9-7-19(8-10-20)17(21)15-4-3-11-24-15/h5-6,12,15H,2-4,7-11H2,1H3. The third-order valence-electron chi connectivity index (χ3n) is 4.78. The van der Waals surface area contributed by atoms with Crippen LogP contribution in [0.1, 0.15) is 25.3 Å². The van der Waals surface area contributed by atoms with Gasteiger partial charge < -0.3 is 9.64 Å². The molecule has 2 saturated heterocycles. The van der Waals surface area contributed by atoms with Crippen molar-refractivity contribution in [1.82, 2.24) is 9.21 Å². The summed E-state index contributed by atoms with van der Waals surface area (Å²) in [6.45, 7) is 4.04. The second-order valence-corrected chi connectivity index (χ2v) is 9.16. The van der Waals surface area contributed by atoms with E-state index in [1.807, 2.05) is 13.0 Å². The van der Waals surface area contributed by atoms with Gasteiger partial charge in [0.2, 0.25) is 10.0 Å². The van der Waals surface area contributed by atoms with Crippen molar-refractivity contribution in [3.63, 3.8) is 0 Å². The zero-order chi connectivity index (χ0) is 18.0. The number of hydrogen-bond donors (Lipinski definition) is 0. The van der Waals surface area contributed by atoms with Crippen LogP contribution in [0.3, 0.4) is 0 Å². The van der Waals surface area contributed by atoms with Gasteiger partial charge in [0.25, 0.3) is 5.91 Å². The van der Waals surface area contributed by atoms with Gasteiger partial charge in [0, 0.05) is 37.3 Å². The molecule has 2 aliphatic heterocycles. The third-order valence-corrected chi connectivity index (χ3v) is 7.27. The van der Waals surface area contributed by atoms with Crippen LogP contribution in [0.5, 0.6) is 0 Å². The van der Waals surface area contributed by atoms with Gasteiger partial charge in [-0.25, -0.2) is 8.42 Å². The van der Waals surface area contributed by atoms with Crippen molar-refractivity contribution in [3.05, 3.63) is 28.2 Å². The molecule has 1 amide bonds. The number of nitrogens with zero attached hydrogens (tertiary/aromatic N) is 2. The highest BCUT2D eigenvalue weighted by molar-refractivity contribution is 9.10. The van der Waals surface area contributed by atoms with Gasteiger partial charge in [-0.15, -0.1) is 0 Å². The predicted octanol–water partition coefficient (Wildman–Crippen LogP) is 2.02. The van der Waals surface area contributed by atoms with Crippen LogP contribution in [0.2, 0.25) is 0 Å². The molecule has 8 heteroatoms. The molecule has 1 atom stereocenters. The first kappa shape index (κ1) is 18.8. The Morgan fingerprint density at radius 1 is 1.28 bits per heavy atom. The maximum absolute atomic E-state index is 13.0. The minimum Gasteiger partial charge on any atom is -0.368 e. The summed E-state index contributed by atoms with van der Waals surface area (Å²) in [6.07, 6.45) is 1.97. The molecule has 25 heavy (non-hydrogen) atoms. The highest BCUT2D eigenvalue weighted by Gasteiger charge is 2.34. The molecule has 0 saturated carbocycles. The minimum atomic E-state index is -3.55. The molecule has 2 aliphatic rings. The Labute approximate surface area is 157 Å². The second kappa shape index (κ2) is 7.73. The van der Waals surface area contributed by atoms with Crippen LogP contribution < -0.4 is 0 Å². The van der Waals surface area contributed by atoms with E-state index in [1.54, 1.807) is 17.0 Å². The Kier molecular flexibility index (Phi) is 5.82.